The van der Waals surface area contributed by atoms with Crippen LogP contribution in [0.4, 0.5) is 0 Å². The third-order valence-electron chi connectivity index (χ3n) is 4.52. The Kier molecular flexibility index (Phi) is 5.79. The first kappa shape index (κ1) is 19.5. The summed E-state index contributed by atoms with van der Waals surface area (Å²) >= 11 is 18.4. The Balaban J connectivity index is 2.09. The van der Waals surface area contributed by atoms with Gasteiger partial charge in [0.1, 0.15) is 18.1 Å². The van der Waals surface area contributed by atoms with Gasteiger partial charge in [-0.15, -0.1) is 0 Å². The summed E-state index contributed by atoms with van der Waals surface area (Å²) in [6.45, 7) is 0.387. The predicted octanol–water partition coefficient (Wildman–Crippen LogP) is 5.04. The van der Waals surface area contributed by atoms with Crippen molar-refractivity contribution in [1.82, 2.24) is 5.16 Å². The van der Waals surface area contributed by atoms with Crippen molar-refractivity contribution < 1.29 is 23.9 Å². The van der Waals surface area contributed by atoms with Crippen LogP contribution in [0.15, 0.2) is 16.7 Å². The van der Waals surface area contributed by atoms with Crippen molar-refractivity contribution in [2.75, 3.05) is 20.5 Å². The van der Waals surface area contributed by atoms with Crippen molar-refractivity contribution >= 4 is 40.8 Å². The Morgan fingerprint density at radius 3 is 2.46 bits per heavy atom. The molecule has 3 rings (SSSR count). The molecule has 0 radical (unpaired) electrons. The number of ether oxygens (including phenoxy) is 2. The molecule has 140 valence electrons. The van der Waals surface area contributed by atoms with Crippen LogP contribution in [0, 0.1) is 0 Å². The zero-order valence-corrected chi connectivity index (χ0v) is 16.1. The number of nitrogens with zero attached hydrogens (tertiary/aromatic N) is 1. The second-order valence-electron chi connectivity index (χ2n) is 6.17. The molecule has 0 bridgehead atoms. The van der Waals surface area contributed by atoms with Gasteiger partial charge < -0.3 is 19.1 Å². The molecule has 0 atom stereocenters. The molecule has 0 unspecified atom stereocenters. The van der Waals surface area contributed by atoms with Crippen LogP contribution in [0.1, 0.15) is 35.4 Å². The first-order valence-electron chi connectivity index (χ1n) is 7.84. The maximum atomic E-state index is 12.0. The standard InChI is InChI=1S/C17H16Cl3NO5/c1-24-8-25-7-17(3-2-4-17)15-13(16(22)23)14(21-26-15)12-10(19)5-9(18)6-11(12)20/h5-6H,2-4,7-8H2,1H3,(H,22,23). The van der Waals surface area contributed by atoms with Crippen LogP contribution in [-0.2, 0) is 14.9 Å². The minimum atomic E-state index is -1.17. The first-order chi connectivity index (χ1) is 12.4. The Morgan fingerprint density at radius 2 is 1.96 bits per heavy atom. The quantitative estimate of drug-likeness (QED) is 0.499. The lowest BCUT2D eigenvalue weighted by Gasteiger charge is -2.39. The van der Waals surface area contributed by atoms with Gasteiger partial charge in [-0.1, -0.05) is 46.4 Å². The van der Waals surface area contributed by atoms with Gasteiger partial charge in [0.25, 0.3) is 0 Å². The molecule has 2 aromatic rings. The van der Waals surface area contributed by atoms with Crippen LogP contribution in [0.3, 0.4) is 0 Å². The van der Waals surface area contributed by atoms with Crippen molar-refractivity contribution in [3.8, 4) is 11.3 Å². The summed E-state index contributed by atoms with van der Waals surface area (Å²) in [6.07, 6.45) is 2.40. The predicted molar refractivity (Wildman–Crippen MR) is 97.3 cm³/mol. The molecule has 26 heavy (non-hydrogen) atoms. The highest BCUT2D eigenvalue weighted by atomic mass is 35.5. The lowest BCUT2D eigenvalue weighted by molar-refractivity contribution is -0.0666. The number of carbonyl (C=O) groups is 1. The van der Waals surface area contributed by atoms with Gasteiger partial charge in [-0.2, -0.15) is 0 Å². The fourth-order valence-corrected chi connectivity index (χ4v) is 4.15. The monoisotopic (exact) mass is 419 g/mol. The molecule has 0 spiro atoms. The number of methoxy groups -OCH3 is 1. The highest BCUT2D eigenvalue weighted by Crippen LogP contribution is 2.48. The average molecular weight is 421 g/mol. The zero-order chi connectivity index (χ0) is 18.9. The molecule has 1 heterocycles. The van der Waals surface area contributed by atoms with Crippen LogP contribution in [0.2, 0.25) is 15.1 Å². The Bertz CT molecular complexity index is 809. The summed E-state index contributed by atoms with van der Waals surface area (Å²) in [5.41, 5.74) is -0.255. The number of hydrogen-bond acceptors (Lipinski definition) is 5. The van der Waals surface area contributed by atoms with Gasteiger partial charge in [0.2, 0.25) is 0 Å². The molecule has 1 aliphatic carbocycles. The van der Waals surface area contributed by atoms with E-state index in [1.165, 1.54) is 19.2 Å². The van der Waals surface area contributed by atoms with E-state index in [2.05, 4.69) is 5.16 Å². The van der Waals surface area contributed by atoms with Gasteiger partial charge in [0, 0.05) is 17.7 Å². The largest absolute Gasteiger partial charge is 0.477 e. The van der Waals surface area contributed by atoms with Crippen LogP contribution in [-0.4, -0.2) is 36.7 Å². The summed E-state index contributed by atoms with van der Waals surface area (Å²) in [6, 6.07) is 2.95. The van der Waals surface area contributed by atoms with Crippen molar-refractivity contribution in [1.29, 1.82) is 0 Å². The fraction of sp³-hybridized carbons (Fsp3) is 0.412. The second kappa shape index (κ2) is 7.74. The van der Waals surface area contributed by atoms with E-state index in [-0.39, 0.29) is 46.0 Å². The van der Waals surface area contributed by atoms with Gasteiger partial charge in [-0.25, -0.2) is 4.79 Å². The zero-order valence-electron chi connectivity index (χ0n) is 13.9. The molecular weight excluding hydrogens is 405 g/mol. The van der Waals surface area contributed by atoms with E-state index in [1.807, 2.05) is 0 Å². The van der Waals surface area contributed by atoms with Crippen LogP contribution < -0.4 is 0 Å². The molecule has 1 saturated carbocycles. The average Bonchev–Trinajstić information content (AvgIpc) is 2.94. The van der Waals surface area contributed by atoms with E-state index in [1.54, 1.807) is 0 Å². The number of aromatic nitrogens is 1. The van der Waals surface area contributed by atoms with E-state index in [0.29, 0.717) is 5.02 Å². The number of carboxylic acid groups (broad SMARTS) is 1. The topological polar surface area (TPSA) is 81.8 Å². The Morgan fingerprint density at radius 1 is 1.31 bits per heavy atom. The molecule has 1 aromatic carbocycles. The van der Waals surface area contributed by atoms with Crippen LogP contribution in [0.25, 0.3) is 11.3 Å². The molecule has 1 fully saturated rings. The molecule has 0 saturated heterocycles. The molecule has 0 amide bonds. The highest BCUT2D eigenvalue weighted by Gasteiger charge is 2.46. The van der Waals surface area contributed by atoms with Gasteiger partial charge in [0.05, 0.1) is 22.1 Å². The molecule has 1 aromatic heterocycles. The Labute approximate surface area is 164 Å². The number of rotatable bonds is 7. The highest BCUT2D eigenvalue weighted by molar-refractivity contribution is 6.42. The third-order valence-corrected chi connectivity index (χ3v) is 5.34. The molecule has 6 nitrogen and oxygen atoms in total. The maximum Gasteiger partial charge on any atom is 0.341 e. The number of halogens is 3. The van der Waals surface area contributed by atoms with Crippen molar-refractivity contribution in [3.63, 3.8) is 0 Å². The van der Waals surface area contributed by atoms with E-state index in [9.17, 15) is 9.90 Å². The second-order valence-corrected chi connectivity index (χ2v) is 7.42. The minimum Gasteiger partial charge on any atom is -0.477 e. The summed E-state index contributed by atoms with van der Waals surface area (Å²) in [5, 5.41) is 14.5. The first-order valence-corrected chi connectivity index (χ1v) is 8.98. The molecule has 1 N–H and O–H groups in total. The van der Waals surface area contributed by atoms with Gasteiger partial charge in [0.15, 0.2) is 5.76 Å². The van der Waals surface area contributed by atoms with Gasteiger partial charge in [-0.05, 0) is 25.0 Å². The summed E-state index contributed by atoms with van der Waals surface area (Å²) in [5.74, 6) is -0.902. The lowest BCUT2D eigenvalue weighted by Crippen LogP contribution is -2.40. The number of benzene rings is 1. The number of aromatic carboxylic acids is 1. The van der Waals surface area contributed by atoms with Crippen LogP contribution >= 0.6 is 34.8 Å². The smallest absolute Gasteiger partial charge is 0.341 e. The SMILES string of the molecule is COCOCC1(c2onc(-c3c(Cl)cc(Cl)cc3Cl)c2C(=O)O)CCC1. The van der Waals surface area contributed by atoms with Crippen molar-refractivity contribution in [2.45, 2.75) is 24.7 Å². The van der Waals surface area contributed by atoms with Crippen LogP contribution in [0.5, 0.6) is 0 Å². The van der Waals surface area contributed by atoms with Gasteiger partial charge in [-0.3, -0.25) is 0 Å². The number of carboxylic acids is 1. The third kappa shape index (κ3) is 3.44. The Hall–Kier alpha value is -1.31. The molecule has 1 aliphatic rings. The minimum absolute atomic E-state index is 0.0585. The van der Waals surface area contributed by atoms with E-state index in [4.69, 9.17) is 48.8 Å². The maximum absolute atomic E-state index is 12.0. The molecule has 0 aliphatic heterocycles. The normalized spacial score (nSPS) is 15.7. The fourth-order valence-electron chi connectivity index (χ4n) is 3.15. The van der Waals surface area contributed by atoms with E-state index >= 15 is 0 Å². The summed E-state index contributed by atoms with van der Waals surface area (Å²) < 4.78 is 15.9. The number of hydrogen-bond donors (Lipinski definition) is 1. The van der Waals surface area contributed by atoms with E-state index < -0.39 is 11.4 Å². The summed E-state index contributed by atoms with van der Waals surface area (Å²) in [4.78, 5) is 12.0. The van der Waals surface area contributed by atoms with Gasteiger partial charge >= 0.3 is 5.97 Å². The lowest BCUT2D eigenvalue weighted by atomic mass is 9.66. The van der Waals surface area contributed by atoms with Crippen molar-refractivity contribution in [2.24, 2.45) is 0 Å². The molecular formula is C17H16Cl3NO5. The van der Waals surface area contributed by atoms with E-state index in [0.717, 1.165) is 19.3 Å². The summed E-state index contributed by atoms with van der Waals surface area (Å²) in [7, 11) is 1.52. The molecule has 9 heteroatoms. The van der Waals surface area contributed by atoms with Crippen molar-refractivity contribution in [3.05, 3.63) is 38.5 Å².